The summed E-state index contributed by atoms with van der Waals surface area (Å²) in [6.45, 7) is 5.27. The van der Waals surface area contributed by atoms with E-state index in [1.54, 1.807) is 13.0 Å². The van der Waals surface area contributed by atoms with Crippen molar-refractivity contribution in [2.45, 2.75) is 19.4 Å². The van der Waals surface area contributed by atoms with E-state index >= 15 is 0 Å². The molecule has 1 heterocycles. The van der Waals surface area contributed by atoms with Gasteiger partial charge in [-0.2, -0.15) is 0 Å². The standard InChI is InChI=1S/C16H18BF2NO5/c1-4-5-10(2)23-13-7-11(18)6-12(19)16(13)17-24-14(21)8-20(3)9-15(22)25-17/h4,6-10,21-22H,1,5H2,2-3H3/b14-8-,15-9-. The number of aliphatic hydroxyl groups is 2. The Bertz CT molecular complexity index is 688. The molecule has 134 valence electrons. The van der Waals surface area contributed by atoms with Gasteiger partial charge in [-0.3, -0.25) is 0 Å². The maximum Gasteiger partial charge on any atom is 0.643 e. The number of nitrogens with zero attached hydrogens (tertiary/aromatic N) is 1. The number of hydrogen-bond acceptors (Lipinski definition) is 6. The minimum Gasteiger partial charge on any atom is -0.494 e. The lowest BCUT2D eigenvalue weighted by Gasteiger charge is -2.23. The fourth-order valence-corrected chi connectivity index (χ4v) is 2.19. The molecule has 0 amide bonds. The van der Waals surface area contributed by atoms with E-state index in [0.717, 1.165) is 18.5 Å². The number of aliphatic hydroxyl groups excluding tert-OH is 2. The van der Waals surface area contributed by atoms with Crippen molar-refractivity contribution in [1.29, 1.82) is 0 Å². The topological polar surface area (TPSA) is 71.4 Å². The van der Waals surface area contributed by atoms with E-state index in [9.17, 15) is 19.0 Å². The molecule has 0 aliphatic carbocycles. The zero-order valence-electron chi connectivity index (χ0n) is 13.8. The zero-order chi connectivity index (χ0) is 18.6. The SMILES string of the molecule is C=CCC(C)Oc1cc(F)cc(F)c1B1O/C(O)=C\N(C)/C=C(/O)O1. The molecule has 1 aliphatic heterocycles. The lowest BCUT2D eigenvalue weighted by molar-refractivity contribution is 0.123. The average Bonchev–Trinajstić information content (AvgIpc) is 2.44. The van der Waals surface area contributed by atoms with E-state index in [1.807, 2.05) is 0 Å². The Morgan fingerprint density at radius 1 is 1.28 bits per heavy atom. The smallest absolute Gasteiger partial charge is 0.494 e. The fourth-order valence-electron chi connectivity index (χ4n) is 2.19. The highest BCUT2D eigenvalue weighted by Gasteiger charge is 2.37. The molecule has 0 fully saturated rings. The van der Waals surface area contributed by atoms with Crippen LogP contribution in [0.1, 0.15) is 13.3 Å². The molecule has 0 aromatic heterocycles. The zero-order valence-corrected chi connectivity index (χ0v) is 13.8. The van der Waals surface area contributed by atoms with E-state index in [-0.39, 0.29) is 11.2 Å². The van der Waals surface area contributed by atoms with E-state index in [1.165, 1.54) is 11.9 Å². The van der Waals surface area contributed by atoms with Gasteiger partial charge < -0.3 is 29.2 Å². The average molecular weight is 353 g/mol. The summed E-state index contributed by atoms with van der Waals surface area (Å²) in [7, 11) is -0.0866. The summed E-state index contributed by atoms with van der Waals surface area (Å²) < 4.78 is 43.8. The Hall–Kier alpha value is -2.84. The molecule has 6 nitrogen and oxygen atoms in total. The maximum absolute atomic E-state index is 14.4. The quantitative estimate of drug-likeness (QED) is 0.627. The van der Waals surface area contributed by atoms with Gasteiger partial charge in [0.25, 0.3) is 11.9 Å². The molecule has 1 atom stereocenters. The molecule has 9 heteroatoms. The van der Waals surface area contributed by atoms with Crippen molar-refractivity contribution < 1.29 is 33.0 Å². The van der Waals surface area contributed by atoms with Crippen LogP contribution in [-0.4, -0.2) is 35.4 Å². The molecule has 0 bridgehead atoms. The van der Waals surface area contributed by atoms with Crippen LogP contribution in [0.15, 0.2) is 49.1 Å². The predicted octanol–water partition coefficient (Wildman–Crippen LogP) is 2.70. The number of ether oxygens (including phenoxy) is 1. The van der Waals surface area contributed by atoms with Gasteiger partial charge >= 0.3 is 7.12 Å². The monoisotopic (exact) mass is 353 g/mol. The molecule has 0 radical (unpaired) electrons. The third-order valence-electron chi connectivity index (χ3n) is 3.20. The van der Waals surface area contributed by atoms with Crippen molar-refractivity contribution in [3.8, 4) is 5.75 Å². The summed E-state index contributed by atoms with van der Waals surface area (Å²) in [5.74, 6) is -3.23. The first-order chi connectivity index (χ1) is 11.8. The van der Waals surface area contributed by atoms with Crippen LogP contribution in [0.25, 0.3) is 0 Å². The van der Waals surface area contributed by atoms with Crippen molar-refractivity contribution in [2.75, 3.05) is 7.05 Å². The van der Waals surface area contributed by atoms with Gasteiger partial charge in [-0.1, -0.05) is 6.08 Å². The lowest BCUT2D eigenvalue weighted by atomic mass is 9.77. The van der Waals surface area contributed by atoms with E-state index < -0.39 is 36.7 Å². The Morgan fingerprint density at radius 2 is 1.88 bits per heavy atom. The Labute approximate surface area is 144 Å². The highest BCUT2D eigenvalue weighted by atomic mass is 19.1. The van der Waals surface area contributed by atoms with Gasteiger partial charge in [0.15, 0.2) is 0 Å². The van der Waals surface area contributed by atoms with Crippen LogP contribution in [0.3, 0.4) is 0 Å². The molecule has 2 N–H and O–H groups in total. The van der Waals surface area contributed by atoms with Crippen LogP contribution >= 0.6 is 0 Å². The van der Waals surface area contributed by atoms with Crippen LogP contribution < -0.4 is 10.2 Å². The minimum absolute atomic E-state index is 0.175. The van der Waals surface area contributed by atoms with Gasteiger partial charge in [0.1, 0.15) is 17.4 Å². The molecule has 1 aromatic rings. The molecular formula is C16H18BF2NO5. The van der Waals surface area contributed by atoms with Gasteiger partial charge in [0, 0.05) is 25.6 Å². The first-order valence-electron chi connectivity index (χ1n) is 7.43. The maximum atomic E-state index is 14.4. The molecular weight excluding hydrogens is 335 g/mol. The highest BCUT2D eigenvalue weighted by molar-refractivity contribution is 6.63. The number of hydrogen-bond donors (Lipinski definition) is 2. The van der Waals surface area contributed by atoms with Crippen molar-refractivity contribution in [2.24, 2.45) is 0 Å². The first kappa shape index (κ1) is 18.5. The summed E-state index contributed by atoms with van der Waals surface area (Å²) >= 11 is 0. The molecule has 0 saturated carbocycles. The van der Waals surface area contributed by atoms with Crippen LogP contribution in [0.5, 0.6) is 5.75 Å². The minimum atomic E-state index is -1.59. The van der Waals surface area contributed by atoms with E-state index in [0.29, 0.717) is 12.5 Å². The van der Waals surface area contributed by atoms with E-state index in [4.69, 9.17) is 14.0 Å². The van der Waals surface area contributed by atoms with Gasteiger partial charge in [-0.05, 0) is 6.92 Å². The van der Waals surface area contributed by atoms with Gasteiger partial charge in [0.05, 0.1) is 24.0 Å². The number of benzene rings is 1. The van der Waals surface area contributed by atoms with Crippen molar-refractivity contribution in [1.82, 2.24) is 4.90 Å². The Balaban J connectivity index is 2.44. The second kappa shape index (κ2) is 7.82. The van der Waals surface area contributed by atoms with Crippen LogP contribution in [0.2, 0.25) is 0 Å². The second-order valence-corrected chi connectivity index (χ2v) is 5.42. The van der Waals surface area contributed by atoms with Gasteiger partial charge in [0.2, 0.25) is 0 Å². The third-order valence-corrected chi connectivity index (χ3v) is 3.20. The largest absolute Gasteiger partial charge is 0.643 e. The number of rotatable bonds is 5. The summed E-state index contributed by atoms with van der Waals surface area (Å²) in [4.78, 5) is 1.27. The van der Waals surface area contributed by atoms with Crippen molar-refractivity contribution >= 4 is 12.6 Å². The van der Waals surface area contributed by atoms with Crippen LogP contribution in [0.4, 0.5) is 8.78 Å². The Kier molecular flexibility index (Phi) is 5.79. The summed E-state index contributed by atoms with van der Waals surface area (Å²) in [5.41, 5.74) is -0.304. The highest BCUT2D eigenvalue weighted by Crippen LogP contribution is 2.20. The summed E-state index contributed by atoms with van der Waals surface area (Å²) in [6, 6.07) is 1.59. The van der Waals surface area contributed by atoms with Gasteiger partial charge in [-0.15, -0.1) is 6.58 Å². The predicted molar refractivity (Wildman–Crippen MR) is 88.0 cm³/mol. The molecule has 1 aliphatic rings. The lowest BCUT2D eigenvalue weighted by Crippen LogP contribution is -2.41. The Morgan fingerprint density at radius 3 is 2.44 bits per heavy atom. The van der Waals surface area contributed by atoms with Gasteiger partial charge in [-0.25, -0.2) is 8.78 Å². The summed E-state index contributed by atoms with van der Waals surface area (Å²) in [5, 5.41) is 19.5. The second-order valence-electron chi connectivity index (χ2n) is 5.42. The van der Waals surface area contributed by atoms with Crippen molar-refractivity contribution in [3.63, 3.8) is 0 Å². The van der Waals surface area contributed by atoms with Crippen LogP contribution in [-0.2, 0) is 9.31 Å². The number of halogens is 2. The third kappa shape index (κ3) is 4.82. The molecule has 1 aromatic carbocycles. The fraction of sp³-hybridized carbons (Fsp3) is 0.250. The first-order valence-corrected chi connectivity index (χ1v) is 7.43. The molecule has 1 unspecified atom stereocenters. The van der Waals surface area contributed by atoms with E-state index in [2.05, 4.69) is 6.58 Å². The normalized spacial score (nSPS) is 20.0. The van der Waals surface area contributed by atoms with Crippen LogP contribution in [0, 0.1) is 11.6 Å². The molecule has 2 rings (SSSR count). The molecule has 0 spiro atoms. The van der Waals surface area contributed by atoms with Crippen molar-refractivity contribution in [3.05, 3.63) is 60.7 Å². The molecule has 0 saturated heterocycles. The summed E-state index contributed by atoms with van der Waals surface area (Å²) in [6.07, 6.45) is 3.87. The molecule has 25 heavy (non-hydrogen) atoms.